The molecule has 104 valence electrons. The van der Waals surface area contributed by atoms with E-state index in [1.807, 2.05) is 19.2 Å². The van der Waals surface area contributed by atoms with Gasteiger partial charge in [-0.3, -0.25) is 9.69 Å². The monoisotopic (exact) mass is 325 g/mol. The van der Waals surface area contributed by atoms with Crippen LogP contribution < -0.4 is 0 Å². The van der Waals surface area contributed by atoms with E-state index in [-0.39, 0.29) is 5.91 Å². The molecule has 4 nitrogen and oxygen atoms in total. The highest BCUT2D eigenvalue weighted by Crippen LogP contribution is 2.19. The fraction of sp³-hybridized carbons (Fsp3) is 0.571. The van der Waals surface area contributed by atoms with Crippen LogP contribution in [0.4, 0.5) is 0 Å². The average molecular weight is 326 g/mol. The van der Waals surface area contributed by atoms with Crippen molar-refractivity contribution in [1.82, 2.24) is 14.8 Å². The molecule has 19 heavy (non-hydrogen) atoms. The summed E-state index contributed by atoms with van der Waals surface area (Å²) in [5.41, 5.74) is 0.492. The van der Waals surface area contributed by atoms with Crippen molar-refractivity contribution in [2.75, 3.05) is 26.7 Å². The Balaban J connectivity index is 2.02. The lowest BCUT2D eigenvalue weighted by Crippen LogP contribution is -2.41. The van der Waals surface area contributed by atoms with Crippen molar-refractivity contribution in [2.45, 2.75) is 25.8 Å². The molecule has 0 aliphatic carbocycles. The summed E-state index contributed by atoms with van der Waals surface area (Å²) in [6.07, 6.45) is 4.06. The van der Waals surface area contributed by atoms with Gasteiger partial charge in [0.2, 0.25) is 0 Å². The Hall–Kier alpha value is -0.940. The number of pyridine rings is 1. The molecule has 0 spiro atoms. The van der Waals surface area contributed by atoms with Crippen LogP contribution in [-0.4, -0.2) is 53.4 Å². The molecular formula is C14H20BrN3O. The number of halogens is 1. The minimum atomic E-state index is -0.0181. The lowest BCUT2D eigenvalue weighted by atomic mass is 10.2. The summed E-state index contributed by atoms with van der Waals surface area (Å²) >= 11 is 3.38. The first-order valence-corrected chi connectivity index (χ1v) is 7.52. The molecule has 1 atom stereocenters. The number of aromatic nitrogens is 1. The third kappa shape index (κ3) is 3.34. The minimum absolute atomic E-state index is 0.0181. The summed E-state index contributed by atoms with van der Waals surface area (Å²) in [6.45, 7) is 5.15. The van der Waals surface area contributed by atoms with Crippen LogP contribution in [0.15, 0.2) is 22.8 Å². The van der Waals surface area contributed by atoms with E-state index in [1.165, 1.54) is 12.8 Å². The van der Waals surface area contributed by atoms with Gasteiger partial charge in [-0.15, -0.1) is 0 Å². The van der Waals surface area contributed by atoms with E-state index in [9.17, 15) is 4.79 Å². The van der Waals surface area contributed by atoms with Gasteiger partial charge in [0.05, 0.1) is 0 Å². The van der Waals surface area contributed by atoms with Gasteiger partial charge in [-0.1, -0.05) is 6.92 Å². The molecule has 1 aliphatic heterocycles. The number of likely N-dealkylation sites (tertiary alicyclic amines) is 1. The molecule has 1 aromatic rings. The Bertz CT molecular complexity index is 452. The fourth-order valence-corrected chi connectivity index (χ4v) is 3.07. The number of amides is 1. The number of likely N-dealkylation sites (N-methyl/N-ethyl adjacent to an activating group) is 2. The van der Waals surface area contributed by atoms with Crippen LogP contribution in [0.2, 0.25) is 0 Å². The quantitative estimate of drug-likeness (QED) is 0.852. The number of carbonyl (C=O) groups excluding carboxylic acids is 1. The molecule has 0 saturated carbocycles. The van der Waals surface area contributed by atoms with Gasteiger partial charge < -0.3 is 4.90 Å². The van der Waals surface area contributed by atoms with Gasteiger partial charge in [0, 0.05) is 30.3 Å². The third-order valence-corrected chi connectivity index (χ3v) is 4.34. The third-order valence-electron chi connectivity index (χ3n) is 3.70. The van der Waals surface area contributed by atoms with Gasteiger partial charge in [-0.25, -0.2) is 4.98 Å². The van der Waals surface area contributed by atoms with Crippen LogP contribution >= 0.6 is 15.9 Å². The largest absolute Gasteiger partial charge is 0.339 e. The number of carbonyl (C=O) groups is 1. The zero-order valence-electron chi connectivity index (χ0n) is 11.5. The molecule has 1 aliphatic rings. The smallest absolute Gasteiger partial charge is 0.273 e. The van der Waals surface area contributed by atoms with Gasteiger partial charge >= 0.3 is 0 Å². The lowest BCUT2D eigenvalue weighted by molar-refractivity contribution is 0.0748. The van der Waals surface area contributed by atoms with Crippen molar-refractivity contribution in [3.05, 3.63) is 28.5 Å². The maximum Gasteiger partial charge on any atom is 0.273 e. The zero-order valence-corrected chi connectivity index (χ0v) is 13.1. The summed E-state index contributed by atoms with van der Waals surface area (Å²) in [7, 11) is 1.86. The molecule has 1 fully saturated rings. The molecule has 0 N–H and O–H groups in total. The Kier molecular flexibility index (Phi) is 4.93. The lowest BCUT2D eigenvalue weighted by Gasteiger charge is -2.27. The van der Waals surface area contributed by atoms with E-state index < -0.39 is 0 Å². The maximum atomic E-state index is 12.4. The Morgan fingerprint density at radius 2 is 2.42 bits per heavy atom. The van der Waals surface area contributed by atoms with Crippen molar-refractivity contribution in [1.29, 1.82) is 0 Å². The first-order valence-electron chi connectivity index (χ1n) is 6.73. The predicted molar refractivity (Wildman–Crippen MR) is 79.2 cm³/mol. The van der Waals surface area contributed by atoms with E-state index in [0.29, 0.717) is 11.7 Å². The van der Waals surface area contributed by atoms with Crippen molar-refractivity contribution < 1.29 is 4.79 Å². The zero-order chi connectivity index (χ0) is 13.8. The minimum Gasteiger partial charge on any atom is -0.339 e. The van der Waals surface area contributed by atoms with Crippen molar-refractivity contribution in [3.63, 3.8) is 0 Å². The summed E-state index contributed by atoms with van der Waals surface area (Å²) in [6, 6.07) is 4.15. The number of hydrogen-bond donors (Lipinski definition) is 0. The Morgan fingerprint density at radius 1 is 1.63 bits per heavy atom. The van der Waals surface area contributed by atoms with Crippen LogP contribution in [0.3, 0.4) is 0 Å². The standard InChI is InChI=1S/C14H20BrN3O/c1-3-18-9-5-6-11(18)10-17(2)14(19)13-12(15)7-4-8-16-13/h4,7-8,11H,3,5-6,9-10H2,1-2H3. The van der Waals surface area contributed by atoms with Crippen LogP contribution in [0.1, 0.15) is 30.3 Å². The highest BCUT2D eigenvalue weighted by atomic mass is 79.9. The first kappa shape index (κ1) is 14.5. The molecule has 2 rings (SSSR count). The van der Waals surface area contributed by atoms with E-state index in [1.54, 1.807) is 11.1 Å². The highest BCUT2D eigenvalue weighted by Gasteiger charge is 2.26. The topological polar surface area (TPSA) is 36.4 Å². The highest BCUT2D eigenvalue weighted by molar-refractivity contribution is 9.10. The average Bonchev–Trinajstić information content (AvgIpc) is 2.85. The van der Waals surface area contributed by atoms with Gasteiger partial charge in [0.1, 0.15) is 5.69 Å². The molecule has 0 bridgehead atoms. The Morgan fingerprint density at radius 3 is 3.11 bits per heavy atom. The number of hydrogen-bond acceptors (Lipinski definition) is 3. The van der Waals surface area contributed by atoms with E-state index in [2.05, 4.69) is 32.7 Å². The summed E-state index contributed by atoms with van der Waals surface area (Å²) in [5, 5.41) is 0. The molecule has 1 saturated heterocycles. The second-order valence-electron chi connectivity index (χ2n) is 4.94. The van der Waals surface area contributed by atoms with Crippen molar-refractivity contribution in [2.24, 2.45) is 0 Å². The molecular weight excluding hydrogens is 306 g/mol. The summed E-state index contributed by atoms with van der Waals surface area (Å²) < 4.78 is 0.755. The maximum absolute atomic E-state index is 12.4. The molecule has 1 unspecified atom stereocenters. The van der Waals surface area contributed by atoms with E-state index in [4.69, 9.17) is 0 Å². The van der Waals surface area contributed by atoms with Gasteiger partial charge in [-0.2, -0.15) is 0 Å². The SMILES string of the molecule is CCN1CCCC1CN(C)C(=O)c1ncccc1Br. The van der Waals surface area contributed by atoms with Crippen molar-refractivity contribution in [3.8, 4) is 0 Å². The number of rotatable bonds is 4. The first-order chi connectivity index (χ1) is 9.13. The van der Waals surface area contributed by atoms with Crippen LogP contribution in [0.5, 0.6) is 0 Å². The van der Waals surface area contributed by atoms with Crippen LogP contribution in [0, 0.1) is 0 Å². The van der Waals surface area contributed by atoms with Gasteiger partial charge in [-0.05, 0) is 54.0 Å². The molecule has 5 heteroatoms. The predicted octanol–water partition coefficient (Wildman–Crippen LogP) is 2.40. The second-order valence-corrected chi connectivity index (χ2v) is 5.80. The van der Waals surface area contributed by atoms with E-state index >= 15 is 0 Å². The Labute approximate surface area is 122 Å². The normalized spacial score (nSPS) is 19.6. The van der Waals surface area contributed by atoms with E-state index in [0.717, 1.165) is 24.1 Å². The van der Waals surface area contributed by atoms with Crippen LogP contribution in [0.25, 0.3) is 0 Å². The fourth-order valence-electron chi connectivity index (χ4n) is 2.64. The van der Waals surface area contributed by atoms with Crippen LogP contribution in [-0.2, 0) is 0 Å². The molecule has 1 aromatic heterocycles. The van der Waals surface area contributed by atoms with Crippen molar-refractivity contribution >= 4 is 21.8 Å². The molecule has 2 heterocycles. The van der Waals surface area contributed by atoms with Gasteiger partial charge in [0.15, 0.2) is 0 Å². The summed E-state index contributed by atoms with van der Waals surface area (Å²) in [5.74, 6) is -0.0181. The molecule has 0 aromatic carbocycles. The second kappa shape index (κ2) is 6.48. The molecule has 1 amide bonds. The number of nitrogens with zero attached hydrogens (tertiary/aromatic N) is 3. The molecule has 0 radical (unpaired) electrons. The summed E-state index contributed by atoms with van der Waals surface area (Å²) in [4.78, 5) is 20.7. The van der Waals surface area contributed by atoms with Gasteiger partial charge in [0.25, 0.3) is 5.91 Å².